The third-order valence-electron chi connectivity index (χ3n) is 3.00. The fourth-order valence-electron chi connectivity index (χ4n) is 2.04. The van der Waals surface area contributed by atoms with E-state index in [0.29, 0.717) is 17.8 Å². The highest BCUT2D eigenvalue weighted by Gasteiger charge is 2.15. The van der Waals surface area contributed by atoms with E-state index in [1.807, 2.05) is 6.07 Å². The predicted octanol–water partition coefficient (Wildman–Crippen LogP) is 1.27. The van der Waals surface area contributed by atoms with Gasteiger partial charge in [0.1, 0.15) is 6.07 Å². The lowest BCUT2D eigenvalue weighted by Crippen LogP contribution is -2.33. The largest absolute Gasteiger partial charge is 0.377 e. The second-order valence-corrected chi connectivity index (χ2v) is 4.47. The molecule has 2 N–H and O–H groups in total. The van der Waals surface area contributed by atoms with Crippen LogP contribution in [0.3, 0.4) is 0 Å². The van der Waals surface area contributed by atoms with E-state index in [2.05, 4.69) is 10.6 Å². The van der Waals surface area contributed by atoms with Crippen molar-refractivity contribution in [1.82, 2.24) is 5.32 Å². The molecule has 0 radical (unpaired) electrons. The van der Waals surface area contributed by atoms with Gasteiger partial charge in [-0.05, 0) is 25.0 Å². The molecule has 0 aromatic heterocycles. The Bertz CT molecular complexity index is 476. The van der Waals surface area contributed by atoms with Crippen LogP contribution in [0.1, 0.15) is 18.4 Å². The molecule has 1 unspecified atom stereocenters. The maximum atomic E-state index is 11.7. The molecular weight excluding hydrogens is 242 g/mol. The van der Waals surface area contributed by atoms with E-state index < -0.39 is 0 Å². The standard InChI is InChI=1S/C14H17N3O2/c15-8-11-4-1-2-6-13(11)17-14(18)10-16-9-12-5-3-7-19-12/h1-2,4,6,12,16H,3,5,7,9-10H2,(H,17,18). The molecule has 1 aromatic rings. The molecule has 0 bridgehead atoms. The zero-order chi connectivity index (χ0) is 13.5. The lowest BCUT2D eigenvalue weighted by molar-refractivity contribution is -0.115. The lowest BCUT2D eigenvalue weighted by atomic mass is 10.2. The minimum atomic E-state index is -0.152. The van der Waals surface area contributed by atoms with Crippen LogP contribution in [0, 0.1) is 11.3 Å². The van der Waals surface area contributed by atoms with Crippen LogP contribution in [-0.4, -0.2) is 31.7 Å². The van der Waals surface area contributed by atoms with Crippen LogP contribution in [0.5, 0.6) is 0 Å². The molecule has 100 valence electrons. The average molecular weight is 259 g/mol. The van der Waals surface area contributed by atoms with Gasteiger partial charge in [0.2, 0.25) is 5.91 Å². The number of hydrogen-bond acceptors (Lipinski definition) is 4. The van der Waals surface area contributed by atoms with Crippen molar-refractivity contribution in [2.24, 2.45) is 0 Å². The molecule has 1 aliphatic rings. The highest BCUT2D eigenvalue weighted by molar-refractivity contribution is 5.93. The molecule has 1 amide bonds. The Hall–Kier alpha value is -1.90. The van der Waals surface area contributed by atoms with Crippen LogP contribution in [0.2, 0.25) is 0 Å². The zero-order valence-electron chi connectivity index (χ0n) is 10.7. The van der Waals surface area contributed by atoms with E-state index in [-0.39, 0.29) is 18.6 Å². The van der Waals surface area contributed by atoms with E-state index in [1.165, 1.54) is 0 Å². The Morgan fingerprint density at radius 1 is 1.47 bits per heavy atom. The molecule has 1 atom stereocenters. The van der Waals surface area contributed by atoms with Gasteiger partial charge in [0.25, 0.3) is 0 Å². The maximum absolute atomic E-state index is 11.7. The van der Waals surface area contributed by atoms with E-state index in [4.69, 9.17) is 10.00 Å². The summed E-state index contributed by atoms with van der Waals surface area (Å²) in [5.74, 6) is -0.152. The van der Waals surface area contributed by atoms with Gasteiger partial charge in [-0.3, -0.25) is 4.79 Å². The SMILES string of the molecule is N#Cc1ccccc1NC(=O)CNCC1CCCO1. The first-order valence-corrected chi connectivity index (χ1v) is 6.41. The number of para-hydroxylation sites is 1. The molecular formula is C14H17N3O2. The molecule has 1 saturated heterocycles. The van der Waals surface area contributed by atoms with Crippen LogP contribution in [0.15, 0.2) is 24.3 Å². The van der Waals surface area contributed by atoms with E-state index >= 15 is 0 Å². The van der Waals surface area contributed by atoms with E-state index in [1.54, 1.807) is 24.3 Å². The van der Waals surface area contributed by atoms with Crippen molar-refractivity contribution in [3.63, 3.8) is 0 Å². The van der Waals surface area contributed by atoms with Gasteiger partial charge in [-0.1, -0.05) is 12.1 Å². The summed E-state index contributed by atoms with van der Waals surface area (Å²) in [6.45, 7) is 1.72. The summed E-state index contributed by atoms with van der Waals surface area (Å²) in [4.78, 5) is 11.7. The van der Waals surface area contributed by atoms with Crippen molar-refractivity contribution < 1.29 is 9.53 Å². The maximum Gasteiger partial charge on any atom is 0.238 e. The third kappa shape index (κ3) is 4.05. The number of benzene rings is 1. The molecule has 1 aromatic carbocycles. The zero-order valence-corrected chi connectivity index (χ0v) is 10.7. The predicted molar refractivity (Wildman–Crippen MR) is 71.6 cm³/mol. The summed E-state index contributed by atoms with van der Waals surface area (Å²) in [6.07, 6.45) is 2.36. The minimum Gasteiger partial charge on any atom is -0.377 e. The minimum absolute atomic E-state index is 0.152. The second kappa shape index (κ2) is 6.88. The first-order valence-electron chi connectivity index (χ1n) is 6.41. The number of ether oxygens (including phenoxy) is 1. The van der Waals surface area contributed by atoms with Crippen LogP contribution in [0.25, 0.3) is 0 Å². The van der Waals surface area contributed by atoms with Gasteiger partial charge in [-0.25, -0.2) is 0 Å². The number of hydrogen-bond donors (Lipinski definition) is 2. The molecule has 1 aliphatic heterocycles. The summed E-state index contributed by atoms with van der Waals surface area (Å²) < 4.78 is 5.45. The summed E-state index contributed by atoms with van der Waals surface area (Å²) in [5.41, 5.74) is 1.02. The number of nitrogens with one attached hydrogen (secondary N) is 2. The summed E-state index contributed by atoms with van der Waals surface area (Å²) in [6, 6.07) is 9.00. The molecule has 2 rings (SSSR count). The quantitative estimate of drug-likeness (QED) is 0.835. The van der Waals surface area contributed by atoms with E-state index in [0.717, 1.165) is 19.4 Å². The van der Waals surface area contributed by atoms with Crippen LogP contribution in [0.4, 0.5) is 5.69 Å². The Balaban J connectivity index is 1.76. The topological polar surface area (TPSA) is 74.2 Å². The summed E-state index contributed by atoms with van der Waals surface area (Å²) in [7, 11) is 0. The van der Waals surface area contributed by atoms with Gasteiger partial charge < -0.3 is 15.4 Å². The van der Waals surface area contributed by atoms with Crippen molar-refractivity contribution in [2.45, 2.75) is 18.9 Å². The highest BCUT2D eigenvalue weighted by atomic mass is 16.5. The normalized spacial score (nSPS) is 17.9. The van der Waals surface area contributed by atoms with Gasteiger partial charge in [0.15, 0.2) is 0 Å². The van der Waals surface area contributed by atoms with Crippen molar-refractivity contribution in [2.75, 3.05) is 25.0 Å². The molecule has 19 heavy (non-hydrogen) atoms. The Labute approximate surface area is 112 Å². The third-order valence-corrected chi connectivity index (χ3v) is 3.00. The van der Waals surface area contributed by atoms with Crippen LogP contribution in [-0.2, 0) is 9.53 Å². The fraction of sp³-hybridized carbons (Fsp3) is 0.429. The Kier molecular flexibility index (Phi) is 4.90. The lowest BCUT2D eigenvalue weighted by Gasteiger charge is -2.11. The molecule has 0 spiro atoms. The molecule has 5 nitrogen and oxygen atoms in total. The van der Waals surface area contributed by atoms with Gasteiger partial charge in [0.05, 0.1) is 23.9 Å². The van der Waals surface area contributed by atoms with Crippen molar-refractivity contribution in [1.29, 1.82) is 5.26 Å². The molecule has 0 saturated carbocycles. The van der Waals surface area contributed by atoms with E-state index in [9.17, 15) is 4.79 Å². The first-order chi connectivity index (χ1) is 9.29. The number of amides is 1. The Morgan fingerprint density at radius 3 is 3.05 bits per heavy atom. The fourth-order valence-corrected chi connectivity index (χ4v) is 2.04. The number of carbonyl (C=O) groups excluding carboxylic acids is 1. The number of nitrogens with zero attached hydrogens (tertiary/aromatic N) is 1. The highest BCUT2D eigenvalue weighted by Crippen LogP contribution is 2.13. The molecule has 1 heterocycles. The van der Waals surface area contributed by atoms with Crippen LogP contribution >= 0.6 is 0 Å². The van der Waals surface area contributed by atoms with Gasteiger partial charge >= 0.3 is 0 Å². The van der Waals surface area contributed by atoms with Crippen molar-refractivity contribution in [3.8, 4) is 6.07 Å². The van der Waals surface area contributed by atoms with Gasteiger partial charge in [-0.15, -0.1) is 0 Å². The monoisotopic (exact) mass is 259 g/mol. The molecule has 5 heteroatoms. The van der Waals surface area contributed by atoms with Crippen molar-refractivity contribution in [3.05, 3.63) is 29.8 Å². The van der Waals surface area contributed by atoms with Crippen LogP contribution < -0.4 is 10.6 Å². The number of rotatable bonds is 5. The number of nitriles is 1. The number of carbonyl (C=O) groups is 1. The summed E-state index contributed by atoms with van der Waals surface area (Å²) in [5, 5.41) is 14.7. The Morgan fingerprint density at radius 2 is 2.32 bits per heavy atom. The van der Waals surface area contributed by atoms with Gasteiger partial charge in [0, 0.05) is 13.2 Å². The average Bonchev–Trinajstić information content (AvgIpc) is 2.92. The van der Waals surface area contributed by atoms with Crippen molar-refractivity contribution >= 4 is 11.6 Å². The number of anilines is 1. The van der Waals surface area contributed by atoms with Gasteiger partial charge in [-0.2, -0.15) is 5.26 Å². The smallest absolute Gasteiger partial charge is 0.238 e. The first kappa shape index (κ1) is 13.5. The molecule has 0 aliphatic carbocycles. The summed E-state index contributed by atoms with van der Waals surface area (Å²) >= 11 is 0. The second-order valence-electron chi connectivity index (χ2n) is 4.47. The molecule has 1 fully saturated rings.